The second-order valence-corrected chi connectivity index (χ2v) is 9.46. The summed E-state index contributed by atoms with van der Waals surface area (Å²) in [4.78, 5) is 2.68. The van der Waals surface area contributed by atoms with E-state index in [0.717, 1.165) is 6.07 Å². The van der Waals surface area contributed by atoms with Crippen LogP contribution in [0.15, 0.2) is 40.1 Å². The van der Waals surface area contributed by atoms with Crippen LogP contribution < -0.4 is 21.3 Å². The van der Waals surface area contributed by atoms with E-state index in [9.17, 15) is 21.9 Å². The van der Waals surface area contributed by atoms with Crippen molar-refractivity contribution >= 4 is 25.9 Å². The number of hydrogen-bond donors (Lipinski definition) is 6. The summed E-state index contributed by atoms with van der Waals surface area (Å²) in [6.07, 6.45) is 0. The largest absolute Gasteiger partial charge is 0.395 e. The molecular formula is C15H19N9O5S2. The van der Waals surface area contributed by atoms with Gasteiger partial charge in [-0.1, -0.05) is 12.1 Å². The summed E-state index contributed by atoms with van der Waals surface area (Å²) >= 11 is 0. The molecular weight excluding hydrogens is 450 g/mol. The van der Waals surface area contributed by atoms with Gasteiger partial charge in [0.1, 0.15) is 15.6 Å². The SMILES string of the molecule is NC[C@@H](CO)NS(=O)(=O)c1ccc(-c2cccc(N)n2)c(-c2nn[nH]n2)c1S(N)(=O)=O. The fourth-order valence-corrected chi connectivity index (χ4v) is 5.65. The number of nitrogens with two attached hydrogens (primary N) is 3. The number of aromatic amines is 1. The third-order valence-corrected chi connectivity index (χ3v) is 6.82. The third kappa shape index (κ3) is 4.68. The monoisotopic (exact) mass is 469 g/mol. The molecule has 0 spiro atoms. The normalized spacial score (nSPS) is 13.3. The lowest BCUT2D eigenvalue weighted by Gasteiger charge is -2.18. The topological polar surface area (TPSA) is 246 Å². The van der Waals surface area contributed by atoms with Crippen molar-refractivity contribution in [3.63, 3.8) is 0 Å². The number of pyridine rings is 1. The van der Waals surface area contributed by atoms with Crippen LogP contribution in [0.3, 0.4) is 0 Å². The first-order valence-corrected chi connectivity index (χ1v) is 11.6. The lowest BCUT2D eigenvalue weighted by molar-refractivity contribution is 0.259. The van der Waals surface area contributed by atoms with Crippen LogP contribution in [0.25, 0.3) is 22.6 Å². The first-order chi connectivity index (χ1) is 14.6. The summed E-state index contributed by atoms with van der Waals surface area (Å²) in [5.41, 5.74) is 11.3. The van der Waals surface area contributed by atoms with Crippen LogP contribution in [0.1, 0.15) is 0 Å². The Kier molecular flexibility index (Phi) is 6.30. The average molecular weight is 470 g/mol. The number of nitrogen functional groups attached to an aromatic ring is 1. The van der Waals surface area contributed by atoms with Gasteiger partial charge in [-0.25, -0.2) is 31.7 Å². The zero-order valence-corrected chi connectivity index (χ0v) is 17.4. The Morgan fingerprint density at radius 1 is 1.16 bits per heavy atom. The van der Waals surface area contributed by atoms with Crippen molar-refractivity contribution in [3.05, 3.63) is 30.3 Å². The number of H-pyrrole nitrogens is 1. The molecule has 31 heavy (non-hydrogen) atoms. The first-order valence-electron chi connectivity index (χ1n) is 8.58. The maximum absolute atomic E-state index is 13.0. The predicted octanol–water partition coefficient (Wildman–Crippen LogP) is -2.24. The molecule has 0 amide bonds. The van der Waals surface area contributed by atoms with Crippen molar-refractivity contribution in [1.29, 1.82) is 0 Å². The van der Waals surface area contributed by atoms with Crippen molar-refractivity contribution in [2.24, 2.45) is 10.9 Å². The average Bonchev–Trinajstić information content (AvgIpc) is 3.25. The lowest BCUT2D eigenvalue weighted by atomic mass is 10.0. The van der Waals surface area contributed by atoms with E-state index in [1.807, 2.05) is 0 Å². The van der Waals surface area contributed by atoms with Crippen molar-refractivity contribution in [3.8, 4) is 22.6 Å². The van der Waals surface area contributed by atoms with Crippen LogP contribution in [-0.4, -0.2) is 66.7 Å². The van der Waals surface area contributed by atoms with E-state index in [-0.39, 0.29) is 35.0 Å². The van der Waals surface area contributed by atoms with Gasteiger partial charge in [-0.3, -0.25) is 0 Å². The molecule has 0 radical (unpaired) electrons. The molecule has 0 aliphatic heterocycles. The Morgan fingerprint density at radius 3 is 2.45 bits per heavy atom. The Hall–Kier alpha value is -3.02. The molecule has 3 rings (SSSR count). The zero-order chi connectivity index (χ0) is 22.8. The summed E-state index contributed by atoms with van der Waals surface area (Å²) in [6, 6.07) is 5.92. The second kappa shape index (κ2) is 8.61. The molecule has 0 aliphatic rings. The number of tetrazole rings is 1. The van der Waals surface area contributed by atoms with E-state index in [1.165, 1.54) is 18.2 Å². The number of aliphatic hydroxyl groups excluding tert-OH is 1. The molecule has 2 heterocycles. The Morgan fingerprint density at radius 2 is 1.90 bits per heavy atom. The van der Waals surface area contributed by atoms with Gasteiger partial charge in [0.2, 0.25) is 25.9 Å². The van der Waals surface area contributed by atoms with Crippen LogP contribution >= 0.6 is 0 Å². The van der Waals surface area contributed by atoms with E-state index >= 15 is 0 Å². The van der Waals surface area contributed by atoms with Gasteiger partial charge in [0.15, 0.2) is 0 Å². The summed E-state index contributed by atoms with van der Waals surface area (Å²) in [7, 11) is -9.16. The number of nitrogens with zero attached hydrogens (tertiary/aromatic N) is 4. The number of benzene rings is 1. The highest BCUT2D eigenvalue weighted by molar-refractivity contribution is 7.92. The van der Waals surface area contributed by atoms with Gasteiger partial charge in [0, 0.05) is 12.1 Å². The maximum Gasteiger partial charge on any atom is 0.242 e. The lowest BCUT2D eigenvalue weighted by Crippen LogP contribution is -2.43. The van der Waals surface area contributed by atoms with Crippen LogP contribution in [0.4, 0.5) is 5.82 Å². The van der Waals surface area contributed by atoms with Gasteiger partial charge >= 0.3 is 0 Å². The molecule has 9 N–H and O–H groups in total. The smallest absolute Gasteiger partial charge is 0.242 e. The highest BCUT2D eigenvalue weighted by Gasteiger charge is 2.33. The van der Waals surface area contributed by atoms with E-state index < -0.39 is 42.5 Å². The molecule has 1 atom stereocenters. The molecule has 16 heteroatoms. The van der Waals surface area contributed by atoms with Gasteiger partial charge in [-0.2, -0.15) is 5.21 Å². The summed E-state index contributed by atoms with van der Waals surface area (Å²) in [5, 5.41) is 27.9. The Bertz CT molecular complexity index is 1290. The maximum atomic E-state index is 13.0. The van der Waals surface area contributed by atoms with E-state index in [2.05, 4.69) is 30.3 Å². The van der Waals surface area contributed by atoms with E-state index in [4.69, 9.17) is 16.6 Å². The second-order valence-electron chi connectivity index (χ2n) is 6.28. The molecule has 14 nitrogen and oxygen atoms in total. The number of rotatable bonds is 8. The summed E-state index contributed by atoms with van der Waals surface area (Å²) < 4.78 is 53.2. The fourth-order valence-electron chi connectivity index (χ4n) is 2.81. The molecule has 0 saturated heterocycles. The zero-order valence-electron chi connectivity index (χ0n) is 15.8. The number of primary sulfonamides is 1. The molecule has 1 aromatic carbocycles. The fraction of sp³-hybridized carbons (Fsp3) is 0.200. The van der Waals surface area contributed by atoms with Crippen molar-refractivity contribution in [2.75, 3.05) is 18.9 Å². The standard InChI is InChI=1S/C15H19N9O5S2/c16-6-8(7-25)22-31(28,29)11-5-4-9(10-2-1-3-12(17)19-10)13(14(11)30(18,26)27)15-20-23-24-21-15/h1-5,8,22,25H,6-7,16H2,(H2,17,19)(H2,18,26,27)(H,20,21,23,24)/t8-/m0/s1. The third-order valence-electron chi connectivity index (χ3n) is 4.14. The van der Waals surface area contributed by atoms with Crippen LogP contribution in [0.2, 0.25) is 0 Å². The van der Waals surface area contributed by atoms with Crippen molar-refractivity contribution in [2.45, 2.75) is 15.8 Å². The number of hydrogen-bond acceptors (Lipinski definition) is 11. The summed E-state index contributed by atoms with van der Waals surface area (Å²) in [5.74, 6) is -0.0985. The minimum absolute atomic E-state index is 0.140. The predicted molar refractivity (Wildman–Crippen MR) is 109 cm³/mol. The highest BCUT2D eigenvalue weighted by atomic mass is 32.2. The molecule has 0 fully saturated rings. The Balaban J connectivity index is 2.40. The molecule has 0 bridgehead atoms. The quantitative estimate of drug-likeness (QED) is 0.206. The van der Waals surface area contributed by atoms with Crippen molar-refractivity contribution in [1.82, 2.24) is 30.3 Å². The minimum Gasteiger partial charge on any atom is -0.395 e. The number of aliphatic hydroxyl groups is 1. The van der Waals surface area contributed by atoms with Gasteiger partial charge in [-0.15, -0.1) is 10.2 Å². The van der Waals surface area contributed by atoms with E-state index in [0.29, 0.717) is 0 Å². The number of anilines is 1. The van der Waals surface area contributed by atoms with Gasteiger partial charge in [0.05, 0.1) is 23.9 Å². The molecule has 2 aromatic heterocycles. The van der Waals surface area contributed by atoms with Crippen LogP contribution in [0, 0.1) is 0 Å². The first kappa shape index (κ1) is 22.7. The Labute approximate surface area is 177 Å². The number of nitrogens with one attached hydrogen (secondary N) is 2. The number of sulfonamides is 2. The molecule has 166 valence electrons. The number of aromatic nitrogens is 5. The van der Waals surface area contributed by atoms with Gasteiger partial charge in [0.25, 0.3) is 0 Å². The van der Waals surface area contributed by atoms with Crippen molar-refractivity contribution < 1.29 is 21.9 Å². The molecule has 0 saturated carbocycles. The molecule has 0 unspecified atom stereocenters. The highest BCUT2D eigenvalue weighted by Crippen LogP contribution is 2.38. The van der Waals surface area contributed by atoms with E-state index in [1.54, 1.807) is 6.07 Å². The van der Waals surface area contributed by atoms with Gasteiger partial charge < -0.3 is 16.6 Å². The molecule has 0 aliphatic carbocycles. The van der Waals surface area contributed by atoms with Crippen LogP contribution in [0.5, 0.6) is 0 Å². The van der Waals surface area contributed by atoms with Gasteiger partial charge in [-0.05, 0) is 23.4 Å². The summed E-state index contributed by atoms with van der Waals surface area (Å²) in [6.45, 7) is -0.840. The minimum atomic E-state index is -4.66. The molecule has 3 aromatic rings. The van der Waals surface area contributed by atoms with Crippen LogP contribution in [-0.2, 0) is 20.0 Å².